The lowest BCUT2D eigenvalue weighted by Crippen LogP contribution is -2.23. The zero-order valence-electron chi connectivity index (χ0n) is 15.4. The summed E-state index contributed by atoms with van der Waals surface area (Å²) in [5.74, 6) is -0.233. The largest absolute Gasteiger partial charge is 0.416 e. The van der Waals surface area contributed by atoms with Crippen molar-refractivity contribution >= 4 is 23.4 Å². The van der Waals surface area contributed by atoms with Crippen molar-refractivity contribution in [2.45, 2.75) is 23.5 Å². The summed E-state index contributed by atoms with van der Waals surface area (Å²) in [6.45, 7) is 1.65. The SMILES string of the molecule is CC(Sc1nnc(-c2ccc(F)cc2)n1C)C(=O)Nc1ccc(C(F)(F)F)cc1. The standard InChI is InChI=1S/C19H16F4N4OS/c1-11(17(28)24-15-9-5-13(6-10-15)19(21,22)23)29-18-26-25-16(27(18)2)12-3-7-14(20)8-4-12/h3-11H,1-2H3,(H,24,28). The van der Waals surface area contributed by atoms with Crippen molar-refractivity contribution in [2.24, 2.45) is 7.05 Å². The van der Waals surface area contributed by atoms with E-state index in [1.807, 2.05) is 0 Å². The van der Waals surface area contributed by atoms with Crippen molar-refractivity contribution in [3.63, 3.8) is 0 Å². The molecule has 2 aromatic carbocycles. The molecule has 5 nitrogen and oxygen atoms in total. The lowest BCUT2D eigenvalue weighted by molar-refractivity contribution is -0.137. The third-order valence-electron chi connectivity index (χ3n) is 4.07. The van der Waals surface area contributed by atoms with E-state index < -0.39 is 17.0 Å². The molecule has 3 aromatic rings. The number of alkyl halides is 3. The van der Waals surface area contributed by atoms with E-state index >= 15 is 0 Å². The van der Waals surface area contributed by atoms with Gasteiger partial charge in [0.1, 0.15) is 5.82 Å². The Morgan fingerprint density at radius 3 is 2.28 bits per heavy atom. The first-order valence-corrected chi connectivity index (χ1v) is 9.33. The minimum Gasteiger partial charge on any atom is -0.325 e. The molecule has 1 unspecified atom stereocenters. The fourth-order valence-electron chi connectivity index (χ4n) is 2.47. The number of thioether (sulfide) groups is 1. The molecular weight excluding hydrogens is 408 g/mol. The molecule has 1 aromatic heterocycles. The molecule has 1 amide bonds. The Kier molecular flexibility index (Phi) is 5.92. The lowest BCUT2D eigenvalue weighted by atomic mass is 10.2. The van der Waals surface area contributed by atoms with Gasteiger partial charge in [0.05, 0.1) is 10.8 Å². The fraction of sp³-hybridized carbons (Fsp3) is 0.211. The summed E-state index contributed by atoms with van der Waals surface area (Å²) in [6.07, 6.45) is -4.43. The van der Waals surface area contributed by atoms with Gasteiger partial charge in [-0.2, -0.15) is 13.2 Å². The number of rotatable bonds is 5. The van der Waals surface area contributed by atoms with E-state index in [9.17, 15) is 22.4 Å². The van der Waals surface area contributed by atoms with Crippen LogP contribution in [-0.4, -0.2) is 25.9 Å². The zero-order chi connectivity index (χ0) is 21.2. The highest BCUT2D eigenvalue weighted by atomic mass is 32.2. The molecule has 152 valence electrons. The van der Waals surface area contributed by atoms with Crippen molar-refractivity contribution < 1.29 is 22.4 Å². The van der Waals surface area contributed by atoms with E-state index in [2.05, 4.69) is 15.5 Å². The monoisotopic (exact) mass is 424 g/mol. The third kappa shape index (κ3) is 4.94. The van der Waals surface area contributed by atoms with Crippen LogP contribution >= 0.6 is 11.8 Å². The number of hydrogen-bond donors (Lipinski definition) is 1. The Morgan fingerprint density at radius 1 is 1.07 bits per heavy atom. The average molecular weight is 424 g/mol. The van der Waals surface area contributed by atoms with Gasteiger partial charge in [-0.05, 0) is 55.5 Å². The average Bonchev–Trinajstić information content (AvgIpc) is 3.02. The Balaban J connectivity index is 1.66. The highest BCUT2D eigenvalue weighted by molar-refractivity contribution is 8.00. The maximum atomic E-state index is 13.1. The molecule has 1 heterocycles. The van der Waals surface area contributed by atoms with Gasteiger partial charge in [-0.15, -0.1) is 10.2 Å². The summed E-state index contributed by atoms with van der Waals surface area (Å²) in [5.41, 5.74) is 0.154. The number of carbonyl (C=O) groups is 1. The Morgan fingerprint density at radius 2 is 1.69 bits per heavy atom. The van der Waals surface area contributed by atoms with Gasteiger partial charge in [-0.25, -0.2) is 4.39 Å². The summed E-state index contributed by atoms with van der Waals surface area (Å²) in [6, 6.07) is 10.0. The number of nitrogens with zero attached hydrogens (tertiary/aromatic N) is 3. The van der Waals surface area contributed by atoms with E-state index in [1.54, 1.807) is 30.7 Å². The van der Waals surface area contributed by atoms with Crippen LogP contribution in [0.5, 0.6) is 0 Å². The molecule has 0 spiro atoms. The smallest absolute Gasteiger partial charge is 0.325 e. The number of halogens is 4. The number of hydrogen-bond acceptors (Lipinski definition) is 4. The van der Waals surface area contributed by atoms with Crippen molar-refractivity contribution in [3.05, 3.63) is 59.9 Å². The van der Waals surface area contributed by atoms with Crippen LogP contribution in [0.2, 0.25) is 0 Å². The number of carbonyl (C=O) groups excluding carboxylic acids is 1. The van der Waals surface area contributed by atoms with E-state index in [4.69, 9.17) is 0 Å². The third-order valence-corrected chi connectivity index (χ3v) is 5.20. The number of amides is 1. The van der Waals surface area contributed by atoms with Gasteiger partial charge in [0.2, 0.25) is 5.91 Å². The fourth-order valence-corrected chi connectivity index (χ4v) is 3.28. The van der Waals surface area contributed by atoms with E-state index in [-0.39, 0.29) is 17.4 Å². The van der Waals surface area contributed by atoms with Gasteiger partial charge in [0.15, 0.2) is 11.0 Å². The molecule has 0 fully saturated rings. The second-order valence-electron chi connectivity index (χ2n) is 6.20. The molecule has 0 aliphatic heterocycles. The molecule has 10 heteroatoms. The van der Waals surface area contributed by atoms with Crippen LogP contribution in [0, 0.1) is 5.82 Å². The Labute approximate surface area is 168 Å². The van der Waals surface area contributed by atoms with E-state index in [1.165, 1.54) is 24.3 Å². The first kappa shape index (κ1) is 20.8. The summed E-state index contributed by atoms with van der Waals surface area (Å²) in [7, 11) is 1.72. The Hall–Kier alpha value is -2.88. The molecule has 29 heavy (non-hydrogen) atoms. The number of anilines is 1. The molecule has 0 bridgehead atoms. The molecule has 0 saturated heterocycles. The van der Waals surface area contributed by atoms with Crippen molar-refractivity contribution in [1.29, 1.82) is 0 Å². The Bertz CT molecular complexity index is 1000. The van der Waals surface area contributed by atoms with Crippen LogP contribution in [0.3, 0.4) is 0 Å². The van der Waals surface area contributed by atoms with Gasteiger partial charge < -0.3 is 9.88 Å². The number of aromatic nitrogens is 3. The molecule has 0 aliphatic carbocycles. The van der Waals surface area contributed by atoms with Crippen LogP contribution in [0.25, 0.3) is 11.4 Å². The van der Waals surface area contributed by atoms with Gasteiger partial charge in [-0.1, -0.05) is 11.8 Å². The molecule has 0 radical (unpaired) electrons. The summed E-state index contributed by atoms with van der Waals surface area (Å²) in [5, 5.41) is 10.6. The topological polar surface area (TPSA) is 59.8 Å². The van der Waals surface area contributed by atoms with Crippen LogP contribution in [0.1, 0.15) is 12.5 Å². The molecule has 1 N–H and O–H groups in total. The van der Waals surface area contributed by atoms with Gasteiger partial charge >= 0.3 is 6.18 Å². The predicted molar refractivity (Wildman–Crippen MR) is 102 cm³/mol. The molecule has 0 saturated carbocycles. The maximum absolute atomic E-state index is 13.1. The van der Waals surface area contributed by atoms with Gasteiger partial charge in [0, 0.05) is 18.3 Å². The quantitative estimate of drug-likeness (QED) is 0.474. The van der Waals surface area contributed by atoms with Crippen molar-refractivity contribution in [1.82, 2.24) is 14.8 Å². The lowest BCUT2D eigenvalue weighted by Gasteiger charge is -2.12. The highest BCUT2D eigenvalue weighted by Gasteiger charge is 2.30. The van der Waals surface area contributed by atoms with E-state index in [0.29, 0.717) is 16.5 Å². The summed E-state index contributed by atoms with van der Waals surface area (Å²) < 4.78 is 52.6. The van der Waals surface area contributed by atoms with E-state index in [0.717, 1.165) is 23.9 Å². The number of nitrogens with one attached hydrogen (secondary N) is 1. The second kappa shape index (κ2) is 8.24. The minimum absolute atomic E-state index is 0.264. The van der Waals surface area contributed by atoms with Crippen LogP contribution in [-0.2, 0) is 18.0 Å². The molecule has 1 atom stereocenters. The van der Waals surface area contributed by atoms with Crippen molar-refractivity contribution in [3.8, 4) is 11.4 Å². The first-order chi connectivity index (χ1) is 13.6. The molecule has 3 rings (SSSR count). The number of benzene rings is 2. The van der Waals surface area contributed by atoms with Crippen LogP contribution < -0.4 is 5.32 Å². The molecule has 0 aliphatic rings. The summed E-state index contributed by atoms with van der Waals surface area (Å²) >= 11 is 1.15. The second-order valence-corrected chi connectivity index (χ2v) is 7.50. The van der Waals surface area contributed by atoms with Gasteiger partial charge in [0.25, 0.3) is 0 Å². The summed E-state index contributed by atoms with van der Waals surface area (Å²) in [4.78, 5) is 12.4. The first-order valence-electron chi connectivity index (χ1n) is 8.45. The van der Waals surface area contributed by atoms with Crippen LogP contribution in [0.4, 0.5) is 23.2 Å². The zero-order valence-corrected chi connectivity index (χ0v) is 16.2. The van der Waals surface area contributed by atoms with Crippen LogP contribution in [0.15, 0.2) is 53.7 Å². The normalized spacial score (nSPS) is 12.6. The highest BCUT2D eigenvalue weighted by Crippen LogP contribution is 2.30. The maximum Gasteiger partial charge on any atom is 0.416 e. The predicted octanol–water partition coefficient (Wildman–Crippen LogP) is 4.76. The minimum atomic E-state index is -4.43. The molecular formula is C19H16F4N4OS. The van der Waals surface area contributed by atoms with Gasteiger partial charge in [-0.3, -0.25) is 4.79 Å². The van der Waals surface area contributed by atoms with Crippen molar-refractivity contribution in [2.75, 3.05) is 5.32 Å².